The fourth-order valence-electron chi connectivity index (χ4n) is 4.99. The number of hydrogen-bond donors (Lipinski definition) is 2. The number of anilines is 2. The third-order valence-electron chi connectivity index (χ3n) is 6.57. The molecule has 2 N–H and O–H groups in total. The molecule has 0 bridgehead atoms. The van der Waals surface area contributed by atoms with Crippen LogP contribution in [0.1, 0.15) is 44.1 Å². The van der Waals surface area contributed by atoms with Gasteiger partial charge in [-0.05, 0) is 49.4 Å². The van der Waals surface area contributed by atoms with Gasteiger partial charge < -0.3 is 15.5 Å². The number of aliphatic imine (C=N–C) groups is 1. The maximum atomic E-state index is 13.1. The number of aromatic nitrogens is 1. The molecule has 5 rings (SSSR count). The first kappa shape index (κ1) is 19.1. The van der Waals surface area contributed by atoms with Crippen molar-refractivity contribution in [2.45, 2.75) is 56.5 Å². The number of nitrogens with one attached hydrogen (secondary N) is 2. The van der Waals surface area contributed by atoms with Crippen LogP contribution >= 0.6 is 0 Å². The van der Waals surface area contributed by atoms with E-state index in [0.717, 1.165) is 55.0 Å². The normalized spacial score (nSPS) is 25.1. The van der Waals surface area contributed by atoms with Crippen LogP contribution in [0.2, 0.25) is 0 Å². The monoisotopic (exact) mass is 403 g/mol. The quantitative estimate of drug-likeness (QED) is 0.816. The van der Waals surface area contributed by atoms with Crippen LogP contribution in [0.3, 0.4) is 0 Å². The smallest absolute Gasteiger partial charge is 0.227 e. The molecule has 30 heavy (non-hydrogen) atoms. The number of hydrogen-bond acceptors (Lipinski definition) is 4. The average Bonchev–Trinajstić information content (AvgIpc) is 3.28. The van der Waals surface area contributed by atoms with Crippen LogP contribution in [0.15, 0.2) is 53.8 Å². The number of amidine groups is 1. The molecular weight excluding hydrogens is 374 g/mol. The number of carbonyl (C=O) groups excluding carboxylic acids is 1. The zero-order valence-electron chi connectivity index (χ0n) is 17.3. The maximum Gasteiger partial charge on any atom is 0.227 e. The molecule has 3 heterocycles. The molecule has 0 radical (unpaired) electrons. The van der Waals surface area contributed by atoms with E-state index in [-0.39, 0.29) is 11.4 Å². The summed E-state index contributed by atoms with van der Waals surface area (Å²) in [5, 5.41) is 7.42. The van der Waals surface area contributed by atoms with Gasteiger partial charge in [0.05, 0.1) is 30.4 Å². The second-order valence-electron chi connectivity index (χ2n) is 8.75. The lowest BCUT2D eigenvalue weighted by Gasteiger charge is -2.47. The molecule has 1 aromatic carbocycles. The Bertz CT molecular complexity index is 938. The number of amides is 1. The highest BCUT2D eigenvalue weighted by Crippen LogP contribution is 2.37. The SMILES string of the molecule is O=C(Cc1cccnc1)N1CCC[C@@]2(C1)Nc1ccccc1NC2=NC1CCCC1. The minimum Gasteiger partial charge on any atom is -0.370 e. The molecule has 0 unspecified atom stereocenters. The molecular formula is C24H29N5O. The number of nitrogens with zero attached hydrogens (tertiary/aromatic N) is 3. The van der Waals surface area contributed by atoms with Crippen molar-refractivity contribution in [1.82, 2.24) is 9.88 Å². The van der Waals surface area contributed by atoms with Crippen LogP contribution in [0.4, 0.5) is 11.4 Å². The summed E-state index contributed by atoms with van der Waals surface area (Å²) in [6, 6.07) is 12.5. The van der Waals surface area contributed by atoms with Crippen molar-refractivity contribution >= 4 is 23.1 Å². The topological polar surface area (TPSA) is 69.6 Å². The lowest BCUT2D eigenvalue weighted by atomic mass is 9.84. The van der Waals surface area contributed by atoms with E-state index in [1.165, 1.54) is 12.8 Å². The average molecular weight is 404 g/mol. The molecule has 2 aliphatic heterocycles. The number of likely N-dealkylation sites (tertiary alicyclic amines) is 1. The Morgan fingerprint density at radius 2 is 1.97 bits per heavy atom. The van der Waals surface area contributed by atoms with Crippen LogP contribution in [0.5, 0.6) is 0 Å². The summed E-state index contributed by atoms with van der Waals surface area (Å²) in [4.78, 5) is 24.4. The molecule has 1 aromatic heterocycles. The van der Waals surface area contributed by atoms with Crippen molar-refractivity contribution in [1.29, 1.82) is 0 Å². The van der Waals surface area contributed by atoms with Gasteiger partial charge in [-0.2, -0.15) is 0 Å². The third kappa shape index (κ3) is 3.78. The second-order valence-corrected chi connectivity index (χ2v) is 8.75. The van der Waals surface area contributed by atoms with Crippen molar-refractivity contribution in [3.8, 4) is 0 Å². The molecule has 3 aliphatic rings. The summed E-state index contributed by atoms with van der Waals surface area (Å²) in [5.74, 6) is 1.16. The first-order valence-corrected chi connectivity index (χ1v) is 11.1. The summed E-state index contributed by atoms with van der Waals surface area (Å²) in [5.41, 5.74) is 2.77. The minimum absolute atomic E-state index is 0.156. The Labute approximate surface area is 177 Å². The van der Waals surface area contributed by atoms with Crippen molar-refractivity contribution < 1.29 is 4.79 Å². The fraction of sp³-hybridized carbons (Fsp3) is 0.458. The molecule has 1 aliphatic carbocycles. The number of pyridine rings is 1. The Morgan fingerprint density at radius 1 is 1.13 bits per heavy atom. The van der Waals surface area contributed by atoms with E-state index in [9.17, 15) is 4.79 Å². The number of benzene rings is 1. The Kier molecular flexibility index (Phi) is 5.15. The molecule has 6 heteroatoms. The summed E-state index contributed by atoms with van der Waals surface area (Å²) in [7, 11) is 0. The van der Waals surface area contributed by atoms with E-state index in [4.69, 9.17) is 4.99 Å². The highest BCUT2D eigenvalue weighted by atomic mass is 16.2. The van der Waals surface area contributed by atoms with Crippen LogP contribution in [-0.2, 0) is 11.2 Å². The third-order valence-corrected chi connectivity index (χ3v) is 6.57. The van der Waals surface area contributed by atoms with Gasteiger partial charge in [0.2, 0.25) is 5.91 Å². The van der Waals surface area contributed by atoms with E-state index < -0.39 is 0 Å². The summed E-state index contributed by atoms with van der Waals surface area (Å²) < 4.78 is 0. The van der Waals surface area contributed by atoms with Gasteiger partial charge in [-0.1, -0.05) is 31.0 Å². The molecule has 6 nitrogen and oxygen atoms in total. The minimum atomic E-state index is -0.347. The highest BCUT2D eigenvalue weighted by Gasteiger charge is 2.44. The number of carbonyl (C=O) groups is 1. The summed E-state index contributed by atoms with van der Waals surface area (Å²) >= 11 is 0. The number of rotatable bonds is 3. The second kappa shape index (κ2) is 8.09. The fourth-order valence-corrected chi connectivity index (χ4v) is 4.99. The predicted octanol–water partition coefficient (Wildman–Crippen LogP) is 3.86. The molecule has 2 fully saturated rings. The standard InChI is InChI=1S/C24H29N5O/c30-22(15-18-7-5-13-25-16-18)29-14-6-12-24(17-29)23(26-19-8-1-2-9-19)27-20-10-3-4-11-21(20)28-24/h3-5,7,10-11,13,16,19,28H,1-2,6,8-9,12,14-15,17H2,(H,26,27)/t24-/m0/s1. The molecule has 1 amide bonds. The van der Waals surface area contributed by atoms with Crippen molar-refractivity contribution in [2.24, 2.45) is 4.99 Å². The lowest BCUT2D eigenvalue weighted by Crippen LogP contribution is -2.62. The van der Waals surface area contributed by atoms with E-state index in [2.05, 4.69) is 33.8 Å². The first-order chi connectivity index (χ1) is 14.7. The van der Waals surface area contributed by atoms with Gasteiger partial charge in [-0.3, -0.25) is 14.8 Å². The van der Waals surface area contributed by atoms with Gasteiger partial charge in [0.25, 0.3) is 0 Å². The van der Waals surface area contributed by atoms with E-state index in [1.807, 2.05) is 23.1 Å². The lowest BCUT2D eigenvalue weighted by molar-refractivity contribution is -0.131. The van der Waals surface area contributed by atoms with Crippen LogP contribution < -0.4 is 10.6 Å². The molecule has 1 saturated carbocycles. The van der Waals surface area contributed by atoms with Gasteiger partial charge in [-0.25, -0.2) is 0 Å². The zero-order valence-corrected chi connectivity index (χ0v) is 17.3. The molecule has 1 spiro atoms. The number of piperidine rings is 1. The summed E-state index contributed by atoms with van der Waals surface area (Å²) in [6.45, 7) is 1.43. The zero-order chi connectivity index (χ0) is 20.4. The number of para-hydroxylation sites is 2. The van der Waals surface area contributed by atoms with Crippen LogP contribution in [0, 0.1) is 0 Å². The number of fused-ring (bicyclic) bond motifs is 1. The largest absolute Gasteiger partial charge is 0.370 e. The van der Waals surface area contributed by atoms with Crippen molar-refractivity contribution in [3.63, 3.8) is 0 Å². The van der Waals surface area contributed by atoms with E-state index >= 15 is 0 Å². The predicted molar refractivity (Wildman–Crippen MR) is 120 cm³/mol. The maximum absolute atomic E-state index is 13.1. The van der Waals surface area contributed by atoms with Crippen LogP contribution in [-0.4, -0.2) is 46.3 Å². The van der Waals surface area contributed by atoms with Gasteiger partial charge in [-0.15, -0.1) is 0 Å². The van der Waals surface area contributed by atoms with Crippen molar-refractivity contribution in [2.75, 3.05) is 23.7 Å². The highest BCUT2D eigenvalue weighted by molar-refractivity contribution is 6.10. The molecule has 1 atom stereocenters. The van der Waals surface area contributed by atoms with Gasteiger partial charge in [0.1, 0.15) is 11.4 Å². The molecule has 156 valence electrons. The first-order valence-electron chi connectivity index (χ1n) is 11.1. The Morgan fingerprint density at radius 3 is 2.77 bits per heavy atom. The van der Waals surface area contributed by atoms with E-state index in [0.29, 0.717) is 19.0 Å². The van der Waals surface area contributed by atoms with E-state index in [1.54, 1.807) is 12.4 Å². The Hall–Kier alpha value is -2.89. The molecule has 1 saturated heterocycles. The summed E-state index contributed by atoms with van der Waals surface area (Å²) in [6.07, 6.45) is 10.7. The van der Waals surface area contributed by atoms with Gasteiger partial charge in [0, 0.05) is 18.9 Å². The van der Waals surface area contributed by atoms with Crippen LogP contribution in [0.25, 0.3) is 0 Å². The van der Waals surface area contributed by atoms with Gasteiger partial charge in [0.15, 0.2) is 0 Å². The van der Waals surface area contributed by atoms with Gasteiger partial charge >= 0.3 is 0 Å². The Balaban J connectivity index is 1.42. The van der Waals surface area contributed by atoms with Crippen molar-refractivity contribution in [3.05, 3.63) is 54.4 Å². The molecule has 2 aromatic rings.